The Hall–Kier alpha value is -2.65. The van der Waals surface area contributed by atoms with Gasteiger partial charge in [-0.05, 0) is 43.6 Å². The van der Waals surface area contributed by atoms with Gasteiger partial charge < -0.3 is 24.4 Å². The molecule has 9 nitrogen and oxygen atoms in total. The van der Waals surface area contributed by atoms with Crippen LogP contribution in [0, 0.1) is 5.41 Å². The maximum atomic E-state index is 13.2. The molecule has 1 N–H and O–H groups in total. The Morgan fingerprint density at radius 2 is 1.89 bits per heavy atom. The van der Waals surface area contributed by atoms with Gasteiger partial charge in [0.2, 0.25) is 11.8 Å². The monoisotopic (exact) mass is 487 g/mol. The van der Waals surface area contributed by atoms with E-state index in [9.17, 15) is 19.5 Å². The number of methoxy groups -OCH3 is 1. The molecule has 35 heavy (non-hydrogen) atoms. The highest BCUT2D eigenvalue weighted by atomic mass is 16.6. The summed E-state index contributed by atoms with van der Waals surface area (Å²) in [5, 5.41) is 10.4. The molecule has 3 aliphatic rings. The van der Waals surface area contributed by atoms with E-state index in [0.29, 0.717) is 39.2 Å². The molecule has 4 rings (SSSR count). The van der Waals surface area contributed by atoms with Crippen molar-refractivity contribution in [2.75, 3.05) is 39.9 Å². The van der Waals surface area contributed by atoms with E-state index in [2.05, 4.69) is 0 Å². The smallest absolute Gasteiger partial charge is 0.410 e. The first-order chi connectivity index (χ1) is 16.8. The van der Waals surface area contributed by atoms with Crippen molar-refractivity contribution in [2.45, 2.75) is 63.8 Å². The molecular weight excluding hydrogens is 450 g/mol. The molecular formula is C26H37N3O6. The summed E-state index contributed by atoms with van der Waals surface area (Å²) in [5.41, 5.74) is 0.941. The topological polar surface area (TPSA) is 99.6 Å². The lowest BCUT2D eigenvalue weighted by Gasteiger charge is -2.42. The number of nitrogens with zero attached hydrogens (tertiary/aromatic N) is 3. The molecule has 3 fully saturated rings. The zero-order valence-electron chi connectivity index (χ0n) is 20.7. The molecule has 1 aromatic carbocycles. The average Bonchev–Trinajstić information content (AvgIpc) is 3.65. The van der Waals surface area contributed by atoms with Crippen molar-refractivity contribution in [1.29, 1.82) is 0 Å². The van der Waals surface area contributed by atoms with E-state index in [4.69, 9.17) is 9.47 Å². The predicted molar refractivity (Wildman–Crippen MR) is 128 cm³/mol. The summed E-state index contributed by atoms with van der Waals surface area (Å²) in [7, 11) is 1.58. The number of benzene rings is 1. The van der Waals surface area contributed by atoms with Crippen LogP contribution in [0.3, 0.4) is 0 Å². The number of carbonyl (C=O) groups excluding carboxylic acids is 3. The van der Waals surface area contributed by atoms with Crippen LogP contribution >= 0.6 is 0 Å². The number of carbonyl (C=O) groups is 3. The number of piperazine rings is 1. The van der Waals surface area contributed by atoms with Crippen LogP contribution < -0.4 is 0 Å². The van der Waals surface area contributed by atoms with Crippen molar-refractivity contribution in [1.82, 2.24) is 14.7 Å². The maximum absolute atomic E-state index is 13.2. The number of ether oxygens (including phenoxy) is 2. The van der Waals surface area contributed by atoms with Crippen LogP contribution in [-0.4, -0.2) is 95.8 Å². The van der Waals surface area contributed by atoms with Crippen LogP contribution in [-0.2, 0) is 25.7 Å². The Morgan fingerprint density at radius 3 is 2.54 bits per heavy atom. The van der Waals surface area contributed by atoms with Crippen molar-refractivity contribution in [3.63, 3.8) is 0 Å². The van der Waals surface area contributed by atoms with Crippen LogP contribution in [0.15, 0.2) is 30.3 Å². The molecule has 2 saturated heterocycles. The fraction of sp³-hybridized carbons (Fsp3) is 0.654. The number of aliphatic hydroxyl groups is 1. The second kappa shape index (κ2) is 11.0. The zero-order valence-corrected chi connectivity index (χ0v) is 20.7. The Balaban J connectivity index is 1.29. The molecule has 0 unspecified atom stereocenters. The summed E-state index contributed by atoms with van der Waals surface area (Å²) in [5.74, 6) is -0.171. The SMILES string of the molecule is COC[C@H](CCC(=O)N1CCC2(CC2)[C@H](O)C1)N1CCN(C(=O)OCc2ccccc2)[C@@H](C)C1=O. The normalized spacial score (nSPS) is 24.4. The van der Waals surface area contributed by atoms with Crippen LogP contribution in [0.4, 0.5) is 4.79 Å². The van der Waals surface area contributed by atoms with Crippen LogP contribution in [0.1, 0.15) is 44.6 Å². The lowest BCUT2D eigenvalue weighted by Crippen LogP contribution is -2.60. The van der Waals surface area contributed by atoms with Gasteiger partial charge in [-0.25, -0.2) is 4.79 Å². The first-order valence-corrected chi connectivity index (χ1v) is 12.6. The van der Waals surface area contributed by atoms with Crippen molar-refractivity contribution < 1.29 is 29.0 Å². The minimum atomic E-state index is -0.658. The highest BCUT2D eigenvalue weighted by molar-refractivity contribution is 5.87. The van der Waals surface area contributed by atoms with Gasteiger partial charge in [-0.1, -0.05) is 30.3 Å². The first kappa shape index (κ1) is 25.4. The first-order valence-electron chi connectivity index (χ1n) is 12.6. The number of hydrogen-bond acceptors (Lipinski definition) is 6. The van der Waals surface area contributed by atoms with E-state index in [1.165, 1.54) is 4.90 Å². The summed E-state index contributed by atoms with van der Waals surface area (Å²) in [6, 6.07) is 8.50. The summed E-state index contributed by atoms with van der Waals surface area (Å²) < 4.78 is 10.8. The molecule has 0 bridgehead atoms. The third kappa shape index (κ3) is 5.78. The van der Waals surface area contributed by atoms with Gasteiger partial charge in [0.1, 0.15) is 12.6 Å². The number of hydrogen-bond donors (Lipinski definition) is 1. The molecule has 2 heterocycles. The standard InChI is InChI=1S/C26H37N3O6/c1-19-24(32)29(15-14-28(19)25(33)35-17-20-6-4-3-5-7-20)21(18-34-2)8-9-23(31)27-13-12-26(10-11-26)22(30)16-27/h3-7,19,21-22,30H,8-18H2,1-2H3/t19-,21-,22+/m0/s1. The van der Waals surface area contributed by atoms with E-state index in [-0.39, 0.29) is 36.3 Å². The minimum absolute atomic E-state index is 0.00396. The van der Waals surface area contributed by atoms with E-state index in [1.54, 1.807) is 23.8 Å². The molecule has 0 aromatic heterocycles. The number of amides is 3. The van der Waals surface area contributed by atoms with E-state index < -0.39 is 18.2 Å². The van der Waals surface area contributed by atoms with Gasteiger partial charge in [0.15, 0.2) is 0 Å². The van der Waals surface area contributed by atoms with Crippen molar-refractivity contribution in [3.8, 4) is 0 Å². The molecule has 2 aliphatic heterocycles. The molecule has 9 heteroatoms. The van der Waals surface area contributed by atoms with Crippen LogP contribution in [0.2, 0.25) is 0 Å². The van der Waals surface area contributed by atoms with Gasteiger partial charge in [0.05, 0.1) is 18.8 Å². The lowest BCUT2D eigenvalue weighted by atomic mass is 9.90. The number of likely N-dealkylation sites (tertiary alicyclic amines) is 1. The molecule has 3 atom stereocenters. The number of β-amino-alcohol motifs (C(OH)–C–C–N with tert-alkyl or cyclic N) is 1. The van der Waals surface area contributed by atoms with E-state index in [0.717, 1.165) is 24.8 Å². The van der Waals surface area contributed by atoms with Gasteiger partial charge in [0.25, 0.3) is 0 Å². The van der Waals surface area contributed by atoms with Crippen LogP contribution in [0.25, 0.3) is 0 Å². The summed E-state index contributed by atoms with van der Waals surface area (Å²) in [6.07, 6.45) is 2.78. The molecule has 0 radical (unpaired) electrons. The Labute approximate surface area is 206 Å². The fourth-order valence-corrected chi connectivity index (χ4v) is 5.26. The van der Waals surface area contributed by atoms with Crippen LogP contribution in [0.5, 0.6) is 0 Å². The Kier molecular flexibility index (Phi) is 7.96. The maximum Gasteiger partial charge on any atom is 0.410 e. The highest BCUT2D eigenvalue weighted by Crippen LogP contribution is 2.53. The van der Waals surface area contributed by atoms with Gasteiger partial charge in [-0.2, -0.15) is 0 Å². The summed E-state index contributed by atoms with van der Waals surface area (Å²) in [4.78, 5) is 43.6. The second-order valence-electron chi connectivity index (χ2n) is 10.1. The Bertz CT molecular complexity index is 906. The lowest BCUT2D eigenvalue weighted by molar-refractivity contribution is -0.145. The quantitative estimate of drug-likeness (QED) is 0.602. The van der Waals surface area contributed by atoms with Crippen molar-refractivity contribution in [2.24, 2.45) is 5.41 Å². The van der Waals surface area contributed by atoms with E-state index >= 15 is 0 Å². The third-order valence-corrected chi connectivity index (χ3v) is 7.85. The third-order valence-electron chi connectivity index (χ3n) is 7.85. The number of rotatable bonds is 8. The molecule has 3 amide bonds. The molecule has 1 spiro atoms. The van der Waals surface area contributed by atoms with E-state index in [1.807, 2.05) is 30.3 Å². The Morgan fingerprint density at radius 1 is 1.14 bits per heavy atom. The minimum Gasteiger partial charge on any atom is -0.445 e. The largest absolute Gasteiger partial charge is 0.445 e. The predicted octanol–water partition coefficient (Wildman–Crippen LogP) is 2.02. The molecule has 1 aromatic rings. The van der Waals surface area contributed by atoms with Gasteiger partial charge in [-0.15, -0.1) is 0 Å². The zero-order chi connectivity index (χ0) is 25.0. The van der Waals surface area contributed by atoms with Gasteiger partial charge >= 0.3 is 6.09 Å². The highest BCUT2D eigenvalue weighted by Gasteiger charge is 2.51. The molecule has 1 aliphatic carbocycles. The number of aliphatic hydroxyl groups excluding tert-OH is 1. The second-order valence-corrected chi connectivity index (χ2v) is 10.1. The van der Waals surface area contributed by atoms with Crippen molar-refractivity contribution >= 4 is 17.9 Å². The number of piperidine rings is 1. The summed E-state index contributed by atoms with van der Waals surface area (Å²) >= 11 is 0. The molecule has 192 valence electrons. The average molecular weight is 488 g/mol. The summed E-state index contributed by atoms with van der Waals surface area (Å²) in [6.45, 7) is 3.97. The van der Waals surface area contributed by atoms with Crippen molar-refractivity contribution in [3.05, 3.63) is 35.9 Å². The van der Waals surface area contributed by atoms with Gasteiger partial charge in [0, 0.05) is 39.7 Å². The van der Waals surface area contributed by atoms with Gasteiger partial charge in [-0.3, -0.25) is 14.5 Å². The fourth-order valence-electron chi connectivity index (χ4n) is 5.26. The molecule has 1 saturated carbocycles.